The van der Waals surface area contributed by atoms with Crippen LogP contribution >= 0.6 is 0 Å². The Kier molecular flexibility index (Phi) is 2.97. The van der Waals surface area contributed by atoms with Gasteiger partial charge in [0.05, 0.1) is 10.5 Å². The Morgan fingerprint density at radius 3 is 2.67 bits per heavy atom. The van der Waals surface area contributed by atoms with Gasteiger partial charge in [-0.1, -0.05) is 0 Å². The molecule has 0 fully saturated rings. The third-order valence-corrected chi connectivity index (χ3v) is 1.66. The molecule has 1 aromatic rings. The summed E-state index contributed by atoms with van der Waals surface area (Å²) >= 11 is 0. The summed E-state index contributed by atoms with van der Waals surface area (Å²) in [5.41, 5.74) is -0.708. The molecule has 0 aliphatic heterocycles. The molecule has 0 radical (unpaired) electrons. The lowest BCUT2D eigenvalue weighted by atomic mass is 10.2. The summed E-state index contributed by atoms with van der Waals surface area (Å²) in [4.78, 5) is 30.4. The van der Waals surface area contributed by atoms with Crippen molar-refractivity contribution in [3.63, 3.8) is 0 Å². The van der Waals surface area contributed by atoms with Crippen molar-refractivity contribution in [2.24, 2.45) is 0 Å². The van der Waals surface area contributed by atoms with E-state index in [4.69, 9.17) is 5.11 Å². The number of carboxylic acids is 1. The molecule has 0 aliphatic rings. The van der Waals surface area contributed by atoms with Gasteiger partial charge in [0.2, 0.25) is 6.41 Å². The summed E-state index contributed by atoms with van der Waals surface area (Å²) in [5, 5.41) is 21.2. The summed E-state index contributed by atoms with van der Waals surface area (Å²) < 4.78 is 0. The van der Waals surface area contributed by atoms with Crippen molar-refractivity contribution >= 4 is 23.8 Å². The SMILES string of the molecule is O=CNc1ccc(C(=O)O)cc1[N+](=O)[O-]. The van der Waals surface area contributed by atoms with Crippen LogP contribution in [-0.2, 0) is 4.79 Å². The maximum atomic E-state index is 10.5. The minimum atomic E-state index is -1.27. The third-order valence-electron chi connectivity index (χ3n) is 1.66. The molecule has 1 rings (SSSR count). The Hall–Kier alpha value is -2.44. The summed E-state index contributed by atoms with van der Waals surface area (Å²) in [7, 11) is 0. The van der Waals surface area contributed by atoms with E-state index in [1.165, 1.54) is 6.07 Å². The summed E-state index contributed by atoms with van der Waals surface area (Å²) in [6, 6.07) is 3.21. The molecule has 0 atom stereocenters. The second-order valence-electron chi connectivity index (χ2n) is 2.56. The molecule has 2 N–H and O–H groups in total. The van der Waals surface area contributed by atoms with Gasteiger partial charge in [0.1, 0.15) is 5.69 Å². The first-order valence-electron chi connectivity index (χ1n) is 3.78. The number of amides is 1. The maximum absolute atomic E-state index is 10.5. The summed E-state index contributed by atoms with van der Waals surface area (Å²) in [6.07, 6.45) is 0.281. The second-order valence-corrected chi connectivity index (χ2v) is 2.56. The molecule has 7 nitrogen and oxygen atoms in total. The highest BCUT2D eigenvalue weighted by atomic mass is 16.6. The number of nitro benzene ring substituents is 1. The summed E-state index contributed by atoms with van der Waals surface area (Å²) in [6.45, 7) is 0. The smallest absolute Gasteiger partial charge is 0.335 e. The van der Waals surface area contributed by atoms with Gasteiger partial charge in [-0.25, -0.2) is 4.79 Å². The summed E-state index contributed by atoms with van der Waals surface area (Å²) in [5.74, 6) is -1.27. The van der Waals surface area contributed by atoms with E-state index in [2.05, 4.69) is 5.32 Å². The molecule has 15 heavy (non-hydrogen) atoms. The molecule has 7 heteroatoms. The van der Waals surface area contributed by atoms with Gasteiger partial charge in [-0.3, -0.25) is 14.9 Å². The van der Waals surface area contributed by atoms with E-state index in [0.29, 0.717) is 0 Å². The second kappa shape index (κ2) is 4.18. The van der Waals surface area contributed by atoms with E-state index in [0.717, 1.165) is 12.1 Å². The van der Waals surface area contributed by atoms with Gasteiger partial charge < -0.3 is 10.4 Å². The monoisotopic (exact) mass is 210 g/mol. The number of benzene rings is 1. The minimum Gasteiger partial charge on any atom is -0.478 e. The van der Waals surface area contributed by atoms with Gasteiger partial charge >= 0.3 is 5.97 Å². The number of hydrogen-bond donors (Lipinski definition) is 2. The Balaban J connectivity index is 3.26. The zero-order valence-electron chi connectivity index (χ0n) is 7.34. The molecule has 0 aromatic heterocycles. The van der Waals surface area contributed by atoms with Crippen molar-refractivity contribution in [3.8, 4) is 0 Å². The largest absolute Gasteiger partial charge is 0.478 e. The highest BCUT2D eigenvalue weighted by molar-refractivity contribution is 5.90. The molecule has 0 heterocycles. The van der Waals surface area contributed by atoms with Crippen LogP contribution in [0.4, 0.5) is 11.4 Å². The van der Waals surface area contributed by atoms with E-state index < -0.39 is 16.6 Å². The molecular formula is C8H6N2O5. The van der Waals surface area contributed by atoms with Crippen LogP contribution in [0.3, 0.4) is 0 Å². The fourth-order valence-electron chi connectivity index (χ4n) is 1.00. The van der Waals surface area contributed by atoms with Crippen LogP contribution in [0.5, 0.6) is 0 Å². The lowest BCUT2D eigenvalue weighted by Crippen LogP contribution is -2.03. The minimum absolute atomic E-state index is 0.0417. The van der Waals surface area contributed by atoms with Crippen molar-refractivity contribution in [1.29, 1.82) is 0 Å². The zero-order chi connectivity index (χ0) is 11.4. The zero-order valence-corrected chi connectivity index (χ0v) is 7.34. The Morgan fingerprint density at radius 2 is 2.20 bits per heavy atom. The number of hydrogen-bond acceptors (Lipinski definition) is 4. The fourth-order valence-corrected chi connectivity index (χ4v) is 1.00. The van der Waals surface area contributed by atoms with E-state index >= 15 is 0 Å². The first-order valence-corrected chi connectivity index (χ1v) is 3.78. The molecule has 1 aromatic carbocycles. The lowest BCUT2D eigenvalue weighted by Gasteiger charge is -2.01. The first-order chi connectivity index (χ1) is 7.06. The van der Waals surface area contributed by atoms with E-state index in [-0.39, 0.29) is 17.7 Å². The normalized spacial score (nSPS) is 9.33. The number of nitrogens with one attached hydrogen (secondary N) is 1. The van der Waals surface area contributed by atoms with Crippen LogP contribution in [0.2, 0.25) is 0 Å². The molecule has 0 bridgehead atoms. The van der Waals surface area contributed by atoms with Gasteiger partial charge in [-0.2, -0.15) is 0 Å². The van der Waals surface area contributed by atoms with Gasteiger partial charge in [0.15, 0.2) is 0 Å². The topological polar surface area (TPSA) is 110 Å². The van der Waals surface area contributed by atoms with Crippen LogP contribution in [0, 0.1) is 10.1 Å². The fraction of sp³-hybridized carbons (Fsp3) is 0. The van der Waals surface area contributed by atoms with Crippen LogP contribution in [0.15, 0.2) is 18.2 Å². The molecule has 1 amide bonds. The van der Waals surface area contributed by atoms with Gasteiger partial charge in [-0.05, 0) is 12.1 Å². The van der Waals surface area contributed by atoms with Crippen LogP contribution < -0.4 is 5.32 Å². The Bertz CT molecular complexity index is 429. The first kappa shape index (κ1) is 10.6. The van der Waals surface area contributed by atoms with Gasteiger partial charge in [0.25, 0.3) is 5.69 Å². The number of aromatic carboxylic acids is 1. The predicted octanol–water partition coefficient (Wildman–Crippen LogP) is 0.861. The third kappa shape index (κ3) is 2.27. The maximum Gasteiger partial charge on any atom is 0.335 e. The van der Waals surface area contributed by atoms with E-state index in [1.54, 1.807) is 0 Å². The van der Waals surface area contributed by atoms with Gasteiger partial charge in [-0.15, -0.1) is 0 Å². The highest BCUT2D eigenvalue weighted by Crippen LogP contribution is 2.24. The molecule has 0 unspecified atom stereocenters. The molecule has 0 saturated carbocycles. The molecular weight excluding hydrogens is 204 g/mol. The Morgan fingerprint density at radius 1 is 1.53 bits per heavy atom. The quantitative estimate of drug-likeness (QED) is 0.435. The van der Waals surface area contributed by atoms with Crippen molar-refractivity contribution < 1.29 is 19.6 Å². The standard InChI is InChI=1S/C8H6N2O5/c11-4-9-6-2-1-5(8(12)13)3-7(6)10(14)15/h1-4H,(H,9,11)(H,12,13). The number of carbonyl (C=O) groups excluding carboxylic acids is 1. The predicted molar refractivity (Wildman–Crippen MR) is 49.7 cm³/mol. The number of nitrogens with zero attached hydrogens (tertiary/aromatic N) is 1. The number of carboxylic acid groups (broad SMARTS) is 1. The average molecular weight is 210 g/mol. The molecule has 78 valence electrons. The molecule has 0 spiro atoms. The van der Waals surface area contributed by atoms with Gasteiger partial charge in [0, 0.05) is 6.07 Å². The lowest BCUT2D eigenvalue weighted by molar-refractivity contribution is -0.384. The van der Waals surface area contributed by atoms with E-state index in [9.17, 15) is 19.7 Å². The number of rotatable bonds is 4. The Labute approximate surface area is 83.5 Å². The van der Waals surface area contributed by atoms with Crippen molar-refractivity contribution in [3.05, 3.63) is 33.9 Å². The van der Waals surface area contributed by atoms with Crippen LogP contribution in [0.25, 0.3) is 0 Å². The highest BCUT2D eigenvalue weighted by Gasteiger charge is 2.16. The number of carbonyl (C=O) groups is 2. The van der Waals surface area contributed by atoms with E-state index in [1.807, 2.05) is 0 Å². The average Bonchev–Trinajstić information content (AvgIpc) is 2.18. The van der Waals surface area contributed by atoms with Crippen LogP contribution in [0.1, 0.15) is 10.4 Å². The van der Waals surface area contributed by atoms with Crippen molar-refractivity contribution in [2.45, 2.75) is 0 Å². The molecule has 0 aliphatic carbocycles. The number of anilines is 1. The van der Waals surface area contributed by atoms with Crippen LogP contribution in [-0.4, -0.2) is 22.4 Å². The van der Waals surface area contributed by atoms with Crippen molar-refractivity contribution in [1.82, 2.24) is 0 Å². The van der Waals surface area contributed by atoms with Crippen molar-refractivity contribution in [2.75, 3.05) is 5.32 Å². The molecule has 0 saturated heterocycles. The number of nitro groups is 1.